The van der Waals surface area contributed by atoms with E-state index in [9.17, 15) is 9.18 Å². The fourth-order valence-electron chi connectivity index (χ4n) is 2.95. The fourth-order valence-corrected chi connectivity index (χ4v) is 2.95. The third kappa shape index (κ3) is 4.98. The lowest BCUT2D eigenvalue weighted by Gasteiger charge is -2.29. The monoisotopic (exact) mass is 307 g/mol. The number of hydrogen-bond acceptors (Lipinski definition) is 2. The van der Waals surface area contributed by atoms with E-state index in [-0.39, 0.29) is 11.7 Å². The van der Waals surface area contributed by atoms with Crippen LogP contribution < -0.4 is 10.6 Å². The lowest BCUT2D eigenvalue weighted by Crippen LogP contribution is -2.44. The molecule has 5 heteroatoms. The molecule has 122 valence electrons. The van der Waals surface area contributed by atoms with Crippen LogP contribution in [-0.4, -0.2) is 36.6 Å². The first kappa shape index (κ1) is 16.7. The molecule has 1 aliphatic rings. The van der Waals surface area contributed by atoms with Gasteiger partial charge in [0, 0.05) is 12.6 Å². The molecule has 22 heavy (non-hydrogen) atoms. The molecule has 0 bridgehead atoms. The predicted molar refractivity (Wildman–Crippen MR) is 87.5 cm³/mol. The lowest BCUT2D eigenvalue weighted by molar-refractivity contribution is 0.204. The normalized spacial score (nSPS) is 16.7. The Labute approximate surface area is 132 Å². The molecule has 1 fully saturated rings. The Morgan fingerprint density at radius 1 is 1.27 bits per heavy atom. The van der Waals surface area contributed by atoms with Gasteiger partial charge < -0.3 is 10.6 Å². The van der Waals surface area contributed by atoms with Crippen LogP contribution in [0, 0.1) is 11.7 Å². The van der Waals surface area contributed by atoms with E-state index in [2.05, 4.69) is 29.4 Å². The lowest BCUT2D eigenvalue weighted by atomic mass is 10.0. The van der Waals surface area contributed by atoms with Gasteiger partial charge in [0.25, 0.3) is 0 Å². The van der Waals surface area contributed by atoms with E-state index < -0.39 is 5.82 Å². The third-order valence-corrected chi connectivity index (χ3v) is 4.02. The molecule has 0 saturated carbocycles. The van der Waals surface area contributed by atoms with Crippen molar-refractivity contribution in [3.63, 3.8) is 0 Å². The highest BCUT2D eigenvalue weighted by molar-refractivity contribution is 5.89. The molecule has 4 nitrogen and oxygen atoms in total. The number of urea groups is 1. The number of hydrogen-bond donors (Lipinski definition) is 2. The van der Waals surface area contributed by atoms with Crippen molar-refractivity contribution in [2.24, 2.45) is 5.92 Å². The smallest absolute Gasteiger partial charge is 0.319 e. The maximum absolute atomic E-state index is 13.5. The molecule has 1 heterocycles. The van der Waals surface area contributed by atoms with Crippen molar-refractivity contribution in [3.8, 4) is 0 Å². The van der Waals surface area contributed by atoms with E-state index in [4.69, 9.17) is 0 Å². The number of benzene rings is 1. The van der Waals surface area contributed by atoms with Crippen molar-refractivity contribution in [2.75, 3.05) is 25.0 Å². The SMILES string of the molecule is CC(C)C[C@@H](CNC(=O)Nc1ccccc1F)N1CCCC1. The quantitative estimate of drug-likeness (QED) is 0.845. The molecule has 1 saturated heterocycles. The minimum atomic E-state index is -0.420. The molecular weight excluding hydrogens is 281 g/mol. The number of halogens is 1. The van der Waals surface area contributed by atoms with Crippen molar-refractivity contribution >= 4 is 11.7 Å². The average molecular weight is 307 g/mol. The maximum Gasteiger partial charge on any atom is 0.319 e. The summed E-state index contributed by atoms with van der Waals surface area (Å²) in [5.74, 6) is 0.165. The van der Waals surface area contributed by atoms with Crippen molar-refractivity contribution in [1.82, 2.24) is 10.2 Å². The average Bonchev–Trinajstić information content (AvgIpc) is 2.99. The number of likely N-dealkylation sites (tertiary alicyclic amines) is 1. The predicted octanol–water partition coefficient (Wildman–Crippen LogP) is 3.46. The molecule has 2 N–H and O–H groups in total. The van der Waals surface area contributed by atoms with E-state index in [1.165, 1.54) is 18.9 Å². The van der Waals surface area contributed by atoms with Crippen molar-refractivity contribution in [3.05, 3.63) is 30.1 Å². The van der Waals surface area contributed by atoms with Crippen LogP contribution in [0.3, 0.4) is 0 Å². The van der Waals surface area contributed by atoms with Crippen LogP contribution in [0.25, 0.3) is 0 Å². The summed E-state index contributed by atoms with van der Waals surface area (Å²) < 4.78 is 13.5. The summed E-state index contributed by atoms with van der Waals surface area (Å²) in [6.45, 7) is 7.20. The summed E-state index contributed by atoms with van der Waals surface area (Å²) in [5, 5.41) is 5.45. The molecule has 0 aromatic heterocycles. The molecular formula is C17H26FN3O. The number of rotatable bonds is 6. The number of nitrogens with zero attached hydrogens (tertiary/aromatic N) is 1. The van der Waals surface area contributed by atoms with Crippen LogP contribution in [0.5, 0.6) is 0 Å². The third-order valence-electron chi connectivity index (χ3n) is 4.02. The molecule has 0 aliphatic carbocycles. The molecule has 1 aromatic rings. The summed E-state index contributed by atoms with van der Waals surface area (Å²) in [7, 11) is 0. The van der Waals surface area contributed by atoms with E-state index in [0.29, 0.717) is 18.5 Å². The van der Waals surface area contributed by atoms with Crippen molar-refractivity contribution in [1.29, 1.82) is 0 Å². The topological polar surface area (TPSA) is 44.4 Å². The van der Waals surface area contributed by atoms with Crippen LogP contribution in [0.4, 0.5) is 14.9 Å². The van der Waals surface area contributed by atoms with Crippen molar-refractivity contribution < 1.29 is 9.18 Å². The largest absolute Gasteiger partial charge is 0.336 e. The Balaban J connectivity index is 1.85. The summed E-state index contributed by atoms with van der Waals surface area (Å²) in [4.78, 5) is 14.4. The van der Waals surface area contributed by atoms with Gasteiger partial charge in [-0.25, -0.2) is 9.18 Å². The summed E-state index contributed by atoms with van der Waals surface area (Å²) >= 11 is 0. The molecule has 0 radical (unpaired) electrons. The molecule has 2 rings (SSSR count). The summed E-state index contributed by atoms with van der Waals surface area (Å²) in [6.07, 6.45) is 3.52. The van der Waals surface area contributed by atoms with E-state index in [1.807, 2.05) is 0 Å². The second-order valence-corrected chi connectivity index (χ2v) is 6.34. The van der Waals surface area contributed by atoms with Gasteiger partial charge in [-0.1, -0.05) is 26.0 Å². The maximum atomic E-state index is 13.5. The van der Waals surface area contributed by atoms with Gasteiger partial charge in [-0.15, -0.1) is 0 Å². The zero-order valence-electron chi connectivity index (χ0n) is 13.4. The number of anilines is 1. The Morgan fingerprint density at radius 2 is 1.95 bits per heavy atom. The Kier molecular flexibility index (Phi) is 6.19. The standard InChI is InChI=1S/C17H26FN3O/c1-13(2)11-14(21-9-5-6-10-21)12-19-17(22)20-16-8-4-3-7-15(16)18/h3-4,7-8,13-14H,5-6,9-12H2,1-2H3,(H2,19,20,22)/t14-/m0/s1. The number of para-hydroxylation sites is 1. The van der Waals surface area contributed by atoms with Gasteiger partial charge in [0.1, 0.15) is 5.82 Å². The summed E-state index contributed by atoms with van der Waals surface area (Å²) in [5.41, 5.74) is 0.210. The van der Waals surface area contributed by atoms with Gasteiger partial charge in [-0.2, -0.15) is 0 Å². The molecule has 0 spiro atoms. The van der Waals surface area contributed by atoms with E-state index in [0.717, 1.165) is 19.5 Å². The zero-order chi connectivity index (χ0) is 15.9. The molecule has 1 aromatic carbocycles. The Bertz CT molecular complexity index is 487. The highest BCUT2D eigenvalue weighted by Crippen LogP contribution is 2.17. The molecule has 1 atom stereocenters. The van der Waals surface area contributed by atoms with Crippen molar-refractivity contribution in [2.45, 2.75) is 39.2 Å². The van der Waals surface area contributed by atoms with Gasteiger partial charge in [0.15, 0.2) is 0 Å². The Hall–Kier alpha value is -1.62. The molecule has 2 amide bonds. The van der Waals surface area contributed by atoms with Crippen LogP contribution in [0.2, 0.25) is 0 Å². The second kappa shape index (κ2) is 8.13. The fraction of sp³-hybridized carbons (Fsp3) is 0.588. The summed E-state index contributed by atoms with van der Waals surface area (Å²) in [6, 6.07) is 6.20. The van der Waals surface area contributed by atoms with Gasteiger partial charge in [0.05, 0.1) is 5.69 Å². The number of carbonyl (C=O) groups excluding carboxylic acids is 1. The minimum Gasteiger partial charge on any atom is -0.336 e. The van der Waals surface area contributed by atoms with Gasteiger partial charge >= 0.3 is 6.03 Å². The first-order valence-electron chi connectivity index (χ1n) is 8.09. The van der Waals surface area contributed by atoms with Crippen LogP contribution >= 0.6 is 0 Å². The van der Waals surface area contributed by atoms with Crippen LogP contribution in [-0.2, 0) is 0 Å². The van der Waals surface area contributed by atoms with Gasteiger partial charge in [-0.3, -0.25) is 4.90 Å². The van der Waals surface area contributed by atoms with Crippen LogP contribution in [0.15, 0.2) is 24.3 Å². The highest BCUT2D eigenvalue weighted by atomic mass is 19.1. The number of nitrogens with one attached hydrogen (secondary N) is 2. The Morgan fingerprint density at radius 3 is 2.59 bits per heavy atom. The van der Waals surface area contributed by atoms with Crippen LogP contribution in [0.1, 0.15) is 33.1 Å². The second-order valence-electron chi connectivity index (χ2n) is 6.34. The minimum absolute atomic E-state index is 0.210. The first-order chi connectivity index (χ1) is 10.6. The zero-order valence-corrected chi connectivity index (χ0v) is 13.4. The van der Waals surface area contributed by atoms with E-state index in [1.54, 1.807) is 18.2 Å². The van der Waals surface area contributed by atoms with E-state index >= 15 is 0 Å². The van der Waals surface area contributed by atoms with Gasteiger partial charge in [0.2, 0.25) is 0 Å². The highest BCUT2D eigenvalue weighted by Gasteiger charge is 2.23. The number of amides is 2. The first-order valence-corrected chi connectivity index (χ1v) is 8.09. The number of carbonyl (C=O) groups is 1. The molecule has 0 unspecified atom stereocenters. The molecule has 1 aliphatic heterocycles. The van der Waals surface area contributed by atoms with Gasteiger partial charge in [-0.05, 0) is 50.4 Å².